The summed E-state index contributed by atoms with van der Waals surface area (Å²) in [7, 11) is 0. The number of nitrogens with one attached hydrogen (secondary N) is 1. The van der Waals surface area contributed by atoms with E-state index in [9.17, 15) is 9.59 Å². The van der Waals surface area contributed by atoms with Gasteiger partial charge in [0.1, 0.15) is 0 Å². The van der Waals surface area contributed by atoms with Gasteiger partial charge in [0, 0.05) is 12.6 Å². The predicted octanol–water partition coefficient (Wildman–Crippen LogP) is 3.20. The summed E-state index contributed by atoms with van der Waals surface area (Å²) in [6.45, 7) is 0.578. The van der Waals surface area contributed by atoms with E-state index in [0.29, 0.717) is 17.3 Å². The maximum Gasteiger partial charge on any atom is 0.322 e. The van der Waals surface area contributed by atoms with Crippen LogP contribution >= 0.6 is 11.6 Å². The standard InChI is InChI=1S/C14H17ClN2O3/c15-11-6-1-2-7-12(11)16-14(20)17-8-4-3-5-10(17)9-13(18)19/h1-2,6-7,10H,3-5,8-9H2,(H,16,20)(H,18,19). The van der Waals surface area contributed by atoms with E-state index >= 15 is 0 Å². The molecule has 0 aromatic heterocycles. The fourth-order valence-corrected chi connectivity index (χ4v) is 2.61. The fourth-order valence-electron chi connectivity index (χ4n) is 2.43. The molecule has 2 amide bonds. The van der Waals surface area contributed by atoms with Gasteiger partial charge in [-0.2, -0.15) is 0 Å². The van der Waals surface area contributed by atoms with Crippen LogP contribution in [0, 0.1) is 0 Å². The molecule has 0 bridgehead atoms. The first kappa shape index (κ1) is 14.7. The van der Waals surface area contributed by atoms with Gasteiger partial charge >= 0.3 is 12.0 Å². The Hall–Kier alpha value is -1.75. The van der Waals surface area contributed by atoms with Gasteiger partial charge in [-0.25, -0.2) is 4.79 Å². The monoisotopic (exact) mass is 296 g/mol. The van der Waals surface area contributed by atoms with Crippen LogP contribution in [0.2, 0.25) is 5.02 Å². The molecule has 6 heteroatoms. The van der Waals surface area contributed by atoms with Crippen LogP contribution in [0.15, 0.2) is 24.3 Å². The highest BCUT2D eigenvalue weighted by atomic mass is 35.5. The van der Waals surface area contributed by atoms with E-state index in [1.165, 1.54) is 0 Å². The second kappa shape index (κ2) is 6.61. The lowest BCUT2D eigenvalue weighted by molar-refractivity contribution is -0.138. The van der Waals surface area contributed by atoms with Crippen molar-refractivity contribution in [3.05, 3.63) is 29.3 Å². The Kier molecular flexibility index (Phi) is 4.84. The average molecular weight is 297 g/mol. The minimum atomic E-state index is -0.882. The van der Waals surface area contributed by atoms with Crippen LogP contribution in [0.3, 0.4) is 0 Å². The van der Waals surface area contributed by atoms with E-state index < -0.39 is 5.97 Å². The lowest BCUT2D eigenvalue weighted by Crippen LogP contribution is -2.46. The van der Waals surface area contributed by atoms with E-state index in [-0.39, 0.29) is 18.5 Å². The number of likely N-dealkylation sites (tertiary alicyclic amines) is 1. The number of piperidine rings is 1. The topological polar surface area (TPSA) is 69.6 Å². The Labute approximate surface area is 122 Å². The minimum Gasteiger partial charge on any atom is -0.481 e. The molecule has 1 atom stereocenters. The smallest absolute Gasteiger partial charge is 0.322 e. The Bertz CT molecular complexity index is 507. The molecule has 1 aliphatic rings. The predicted molar refractivity (Wildman–Crippen MR) is 77.1 cm³/mol. The fraction of sp³-hybridized carbons (Fsp3) is 0.429. The molecular weight excluding hydrogens is 280 g/mol. The van der Waals surface area contributed by atoms with Crippen LogP contribution in [0.5, 0.6) is 0 Å². The van der Waals surface area contributed by atoms with E-state index in [2.05, 4.69) is 5.32 Å². The SMILES string of the molecule is O=C(O)CC1CCCCN1C(=O)Nc1ccccc1Cl. The molecule has 0 radical (unpaired) electrons. The number of nitrogens with zero attached hydrogens (tertiary/aromatic N) is 1. The summed E-state index contributed by atoms with van der Waals surface area (Å²) in [5.74, 6) is -0.882. The first-order chi connectivity index (χ1) is 9.58. The number of carbonyl (C=O) groups excluding carboxylic acids is 1. The zero-order chi connectivity index (χ0) is 14.5. The van der Waals surface area contributed by atoms with E-state index in [0.717, 1.165) is 19.3 Å². The summed E-state index contributed by atoms with van der Waals surface area (Å²) in [5, 5.41) is 12.1. The van der Waals surface area contributed by atoms with Crippen molar-refractivity contribution in [3.8, 4) is 0 Å². The number of carbonyl (C=O) groups is 2. The van der Waals surface area contributed by atoms with Crippen molar-refractivity contribution in [1.29, 1.82) is 0 Å². The highest BCUT2D eigenvalue weighted by Gasteiger charge is 2.28. The summed E-state index contributed by atoms with van der Waals surface area (Å²) >= 11 is 6.00. The molecule has 1 aliphatic heterocycles. The molecule has 0 aliphatic carbocycles. The third-order valence-corrected chi connectivity index (χ3v) is 3.74. The molecule has 2 N–H and O–H groups in total. The van der Waals surface area contributed by atoms with Crippen molar-refractivity contribution in [3.63, 3.8) is 0 Å². The van der Waals surface area contributed by atoms with Crippen molar-refractivity contribution >= 4 is 29.3 Å². The number of anilines is 1. The van der Waals surface area contributed by atoms with Crippen molar-refractivity contribution < 1.29 is 14.7 Å². The molecule has 0 spiro atoms. The Morgan fingerprint density at radius 1 is 1.35 bits per heavy atom. The minimum absolute atomic E-state index is 0.0179. The maximum absolute atomic E-state index is 12.3. The van der Waals surface area contributed by atoms with Gasteiger partial charge in [0.15, 0.2) is 0 Å². The molecule has 2 rings (SSSR count). The molecule has 1 fully saturated rings. The largest absolute Gasteiger partial charge is 0.481 e. The molecule has 1 aromatic rings. The van der Waals surface area contributed by atoms with Gasteiger partial charge in [-0.15, -0.1) is 0 Å². The van der Waals surface area contributed by atoms with Gasteiger partial charge in [-0.3, -0.25) is 4.79 Å². The number of amides is 2. The van der Waals surface area contributed by atoms with Crippen molar-refractivity contribution in [2.45, 2.75) is 31.7 Å². The number of hydrogen-bond donors (Lipinski definition) is 2. The Morgan fingerprint density at radius 3 is 2.80 bits per heavy atom. The Morgan fingerprint density at radius 2 is 2.10 bits per heavy atom. The number of benzene rings is 1. The zero-order valence-corrected chi connectivity index (χ0v) is 11.8. The number of para-hydroxylation sites is 1. The van der Waals surface area contributed by atoms with Crippen molar-refractivity contribution in [1.82, 2.24) is 4.90 Å². The van der Waals surface area contributed by atoms with Gasteiger partial charge in [0.05, 0.1) is 17.1 Å². The Balaban J connectivity index is 2.06. The summed E-state index contributed by atoms with van der Waals surface area (Å²) < 4.78 is 0. The lowest BCUT2D eigenvalue weighted by atomic mass is 10.00. The van der Waals surface area contributed by atoms with Crippen LogP contribution in [0.1, 0.15) is 25.7 Å². The van der Waals surface area contributed by atoms with Crippen LogP contribution in [0.4, 0.5) is 10.5 Å². The number of aliphatic carboxylic acids is 1. The van der Waals surface area contributed by atoms with E-state index in [4.69, 9.17) is 16.7 Å². The van der Waals surface area contributed by atoms with Crippen LogP contribution in [-0.2, 0) is 4.79 Å². The number of carboxylic acids is 1. The summed E-state index contributed by atoms with van der Waals surface area (Å²) in [6.07, 6.45) is 2.55. The number of halogens is 1. The number of hydrogen-bond acceptors (Lipinski definition) is 2. The highest BCUT2D eigenvalue weighted by Crippen LogP contribution is 2.24. The van der Waals surface area contributed by atoms with Crippen molar-refractivity contribution in [2.24, 2.45) is 0 Å². The van der Waals surface area contributed by atoms with Gasteiger partial charge in [0.2, 0.25) is 0 Å². The molecule has 0 saturated carbocycles. The third kappa shape index (κ3) is 3.63. The van der Waals surface area contributed by atoms with E-state index in [1.54, 1.807) is 29.2 Å². The first-order valence-corrected chi connectivity index (χ1v) is 6.99. The number of urea groups is 1. The maximum atomic E-state index is 12.3. The normalized spacial score (nSPS) is 18.6. The summed E-state index contributed by atoms with van der Waals surface area (Å²) in [6, 6.07) is 6.45. The molecule has 1 unspecified atom stereocenters. The molecular formula is C14H17ClN2O3. The van der Waals surface area contributed by atoms with Crippen LogP contribution < -0.4 is 5.32 Å². The molecule has 20 heavy (non-hydrogen) atoms. The van der Waals surface area contributed by atoms with Crippen LogP contribution in [0.25, 0.3) is 0 Å². The highest BCUT2D eigenvalue weighted by molar-refractivity contribution is 6.33. The molecule has 108 valence electrons. The molecule has 5 nitrogen and oxygen atoms in total. The number of carboxylic acid groups (broad SMARTS) is 1. The second-order valence-corrected chi connectivity index (χ2v) is 5.26. The molecule has 1 aromatic carbocycles. The molecule has 1 heterocycles. The lowest BCUT2D eigenvalue weighted by Gasteiger charge is -2.35. The van der Waals surface area contributed by atoms with Gasteiger partial charge in [-0.1, -0.05) is 23.7 Å². The van der Waals surface area contributed by atoms with Gasteiger partial charge in [0.25, 0.3) is 0 Å². The summed E-state index contributed by atoms with van der Waals surface area (Å²) in [4.78, 5) is 24.7. The number of rotatable bonds is 3. The second-order valence-electron chi connectivity index (χ2n) is 4.85. The van der Waals surface area contributed by atoms with Crippen LogP contribution in [-0.4, -0.2) is 34.6 Å². The van der Waals surface area contributed by atoms with E-state index in [1.807, 2.05) is 0 Å². The van der Waals surface area contributed by atoms with Crippen molar-refractivity contribution in [2.75, 3.05) is 11.9 Å². The zero-order valence-electron chi connectivity index (χ0n) is 11.0. The van der Waals surface area contributed by atoms with Gasteiger partial charge < -0.3 is 15.3 Å². The average Bonchev–Trinajstić information content (AvgIpc) is 2.41. The molecule has 1 saturated heterocycles. The summed E-state index contributed by atoms with van der Waals surface area (Å²) in [5.41, 5.74) is 0.541. The quantitative estimate of drug-likeness (QED) is 0.900. The first-order valence-electron chi connectivity index (χ1n) is 6.62. The van der Waals surface area contributed by atoms with Gasteiger partial charge in [-0.05, 0) is 31.4 Å². The third-order valence-electron chi connectivity index (χ3n) is 3.41.